The molecule has 1 aromatic rings. The highest BCUT2D eigenvalue weighted by molar-refractivity contribution is 5.83. The summed E-state index contributed by atoms with van der Waals surface area (Å²) in [6.07, 6.45) is 0.735. The molecule has 0 saturated heterocycles. The van der Waals surface area contributed by atoms with E-state index in [1.165, 1.54) is 19.4 Å². The van der Waals surface area contributed by atoms with E-state index in [0.29, 0.717) is 6.54 Å². The Kier molecular flexibility index (Phi) is 4.95. The van der Waals surface area contributed by atoms with Crippen molar-refractivity contribution >= 4 is 5.91 Å². The van der Waals surface area contributed by atoms with Gasteiger partial charge < -0.3 is 15.2 Å². The average Bonchev–Trinajstić information content (AvgIpc) is 2.31. The van der Waals surface area contributed by atoms with Crippen molar-refractivity contribution in [2.24, 2.45) is 0 Å². The van der Waals surface area contributed by atoms with Crippen LogP contribution in [0.2, 0.25) is 0 Å². The van der Waals surface area contributed by atoms with E-state index < -0.39 is 5.60 Å². The number of rotatable bonds is 5. The summed E-state index contributed by atoms with van der Waals surface area (Å²) in [5, 5.41) is 12.2. The van der Waals surface area contributed by atoms with Crippen LogP contribution >= 0.6 is 0 Å². The van der Waals surface area contributed by atoms with Gasteiger partial charge in [-0.15, -0.1) is 0 Å². The number of carbonyl (C=O) groups is 1. The van der Waals surface area contributed by atoms with Gasteiger partial charge in [-0.25, -0.2) is 0 Å². The fraction of sp³-hybridized carbons (Fsp3) is 0.533. The van der Waals surface area contributed by atoms with E-state index in [1.54, 1.807) is 7.11 Å². The van der Waals surface area contributed by atoms with Crippen LogP contribution in [0, 0.1) is 13.8 Å². The second-order valence-electron chi connectivity index (χ2n) is 5.31. The van der Waals surface area contributed by atoms with Crippen LogP contribution in [0.4, 0.5) is 0 Å². The first-order valence-corrected chi connectivity index (χ1v) is 6.40. The number of nitrogens with one attached hydrogen (secondary N) is 1. The van der Waals surface area contributed by atoms with Crippen LogP contribution in [0.5, 0.6) is 5.75 Å². The molecular weight excluding hydrogens is 242 g/mol. The lowest BCUT2D eigenvalue weighted by Crippen LogP contribution is -2.42. The lowest BCUT2D eigenvalue weighted by Gasteiger charge is -2.17. The molecular formula is C15H23NO3. The molecule has 4 heteroatoms. The fourth-order valence-corrected chi connectivity index (χ4v) is 1.87. The topological polar surface area (TPSA) is 58.6 Å². The van der Waals surface area contributed by atoms with Crippen LogP contribution < -0.4 is 10.1 Å². The molecule has 0 saturated carbocycles. The zero-order valence-corrected chi connectivity index (χ0v) is 12.3. The normalized spacial score (nSPS) is 11.3. The zero-order valence-electron chi connectivity index (χ0n) is 12.3. The van der Waals surface area contributed by atoms with Gasteiger partial charge in [-0.3, -0.25) is 4.79 Å². The Morgan fingerprint density at radius 1 is 1.32 bits per heavy atom. The van der Waals surface area contributed by atoms with Crippen molar-refractivity contribution in [3.05, 3.63) is 28.8 Å². The highest BCUT2D eigenvalue weighted by Gasteiger charge is 2.22. The molecule has 0 aliphatic rings. The Balaban J connectivity index is 2.64. The van der Waals surface area contributed by atoms with Crippen LogP contribution in [0.1, 0.15) is 30.5 Å². The predicted molar refractivity (Wildman–Crippen MR) is 75.5 cm³/mol. The van der Waals surface area contributed by atoms with Gasteiger partial charge in [-0.05, 0) is 56.9 Å². The van der Waals surface area contributed by atoms with Gasteiger partial charge in [0.25, 0.3) is 5.91 Å². The van der Waals surface area contributed by atoms with Crippen LogP contribution in [-0.2, 0) is 11.2 Å². The minimum absolute atomic E-state index is 0.351. The quantitative estimate of drug-likeness (QED) is 0.852. The molecule has 0 aromatic heterocycles. The van der Waals surface area contributed by atoms with Crippen LogP contribution in [-0.4, -0.2) is 30.3 Å². The molecule has 1 amide bonds. The van der Waals surface area contributed by atoms with E-state index in [0.717, 1.165) is 23.3 Å². The first-order chi connectivity index (χ1) is 8.75. The van der Waals surface area contributed by atoms with Gasteiger partial charge in [-0.1, -0.05) is 6.07 Å². The average molecular weight is 265 g/mol. The van der Waals surface area contributed by atoms with Crippen LogP contribution in [0.25, 0.3) is 0 Å². The molecule has 106 valence electrons. The molecule has 0 heterocycles. The number of amides is 1. The lowest BCUT2D eigenvalue weighted by molar-refractivity contribution is -0.136. The number of ether oxygens (including phenoxy) is 1. The van der Waals surface area contributed by atoms with Crippen molar-refractivity contribution in [2.75, 3.05) is 13.7 Å². The summed E-state index contributed by atoms with van der Waals surface area (Å²) >= 11 is 0. The Morgan fingerprint density at radius 2 is 1.95 bits per heavy atom. The predicted octanol–water partition coefficient (Wildman–Crippen LogP) is 1.74. The third-order valence-electron chi connectivity index (χ3n) is 3.09. The number of methoxy groups -OCH3 is 1. The molecule has 0 atom stereocenters. The summed E-state index contributed by atoms with van der Waals surface area (Å²) in [7, 11) is 1.66. The standard InChI is InChI=1S/C15H23NO3/c1-10-9-13(19-5)11(2)8-12(10)6-7-16-14(17)15(3,4)18/h8-9,18H,6-7H2,1-5H3,(H,16,17). The maximum absolute atomic E-state index is 11.5. The molecule has 0 fully saturated rings. The second-order valence-corrected chi connectivity index (χ2v) is 5.31. The van der Waals surface area contributed by atoms with E-state index in [1.807, 2.05) is 19.9 Å². The van der Waals surface area contributed by atoms with Gasteiger partial charge in [0, 0.05) is 6.54 Å². The number of carbonyl (C=O) groups excluding carboxylic acids is 1. The van der Waals surface area contributed by atoms with Gasteiger partial charge in [0.15, 0.2) is 0 Å². The van der Waals surface area contributed by atoms with E-state index in [-0.39, 0.29) is 5.91 Å². The van der Waals surface area contributed by atoms with Crippen LogP contribution in [0.3, 0.4) is 0 Å². The molecule has 0 aliphatic heterocycles. The zero-order chi connectivity index (χ0) is 14.6. The third-order valence-corrected chi connectivity index (χ3v) is 3.09. The Morgan fingerprint density at radius 3 is 2.47 bits per heavy atom. The number of aryl methyl sites for hydroxylation is 2. The van der Waals surface area contributed by atoms with Crippen LogP contribution in [0.15, 0.2) is 12.1 Å². The lowest BCUT2D eigenvalue weighted by atomic mass is 10.0. The second kappa shape index (κ2) is 6.06. The van der Waals surface area contributed by atoms with Gasteiger partial charge in [0.05, 0.1) is 7.11 Å². The van der Waals surface area contributed by atoms with Crippen molar-refractivity contribution in [3.8, 4) is 5.75 Å². The molecule has 1 aromatic carbocycles. The molecule has 0 aliphatic carbocycles. The fourth-order valence-electron chi connectivity index (χ4n) is 1.87. The van der Waals surface area contributed by atoms with Gasteiger partial charge >= 0.3 is 0 Å². The Hall–Kier alpha value is -1.55. The van der Waals surface area contributed by atoms with Crippen molar-refractivity contribution < 1.29 is 14.6 Å². The molecule has 4 nitrogen and oxygen atoms in total. The summed E-state index contributed by atoms with van der Waals surface area (Å²) in [5.41, 5.74) is 2.07. The highest BCUT2D eigenvalue weighted by Crippen LogP contribution is 2.22. The molecule has 19 heavy (non-hydrogen) atoms. The molecule has 0 radical (unpaired) electrons. The first kappa shape index (κ1) is 15.5. The summed E-state index contributed by atoms with van der Waals surface area (Å²) in [5.74, 6) is 0.525. The highest BCUT2D eigenvalue weighted by atomic mass is 16.5. The van der Waals surface area contributed by atoms with E-state index in [9.17, 15) is 9.90 Å². The van der Waals surface area contributed by atoms with Crippen molar-refractivity contribution in [3.63, 3.8) is 0 Å². The van der Waals surface area contributed by atoms with E-state index in [4.69, 9.17) is 4.74 Å². The minimum Gasteiger partial charge on any atom is -0.496 e. The largest absolute Gasteiger partial charge is 0.496 e. The molecule has 0 spiro atoms. The van der Waals surface area contributed by atoms with Gasteiger partial charge in [0.1, 0.15) is 11.4 Å². The molecule has 2 N–H and O–H groups in total. The summed E-state index contributed by atoms with van der Waals surface area (Å²) < 4.78 is 5.27. The summed E-state index contributed by atoms with van der Waals surface area (Å²) in [6.45, 7) is 7.48. The SMILES string of the molecule is COc1cc(C)c(CCNC(=O)C(C)(C)O)cc1C. The number of hydrogen-bond donors (Lipinski definition) is 2. The summed E-state index contributed by atoms with van der Waals surface area (Å²) in [6, 6.07) is 4.08. The van der Waals surface area contributed by atoms with Gasteiger partial charge in [-0.2, -0.15) is 0 Å². The maximum atomic E-state index is 11.5. The van der Waals surface area contributed by atoms with Crippen molar-refractivity contribution in [1.82, 2.24) is 5.32 Å². The molecule has 1 rings (SSSR count). The number of hydrogen-bond acceptors (Lipinski definition) is 3. The monoisotopic (exact) mass is 265 g/mol. The Bertz CT molecular complexity index is 461. The van der Waals surface area contributed by atoms with Gasteiger partial charge in [0.2, 0.25) is 0 Å². The van der Waals surface area contributed by atoms with Crippen molar-refractivity contribution in [2.45, 2.75) is 39.7 Å². The van der Waals surface area contributed by atoms with E-state index in [2.05, 4.69) is 11.4 Å². The Labute approximate surface area is 114 Å². The third kappa shape index (κ3) is 4.24. The smallest absolute Gasteiger partial charge is 0.251 e. The minimum atomic E-state index is -1.33. The molecule has 0 bridgehead atoms. The summed E-state index contributed by atoms with van der Waals surface area (Å²) in [4.78, 5) is 11.5. The number of aliphatic hydroxyl groups is 1. The van der Waals surface area contributed by atoms with E-state index >= 15 is 0 Å². The molecule has 0 unspecified atom stereocenters. The maximum Gasteiger partial charge on any atom is 0.251 e. The number of benzene rings is 1. The van der Waals surface area contributed by atoms with Crippen molar-refractivity contribution in [1.29, 1.82) is 0 Å². The first-order valence-electron chi connectivity index (χ1n) is 6.40.